The highest BCUT2D eigenvalue weighted by Crippen LogP contribution is 2.38. The predicted molar refractivity (Wildman–Crippen MR) is 85.2 cm³/mol. The molecule has 0 N–H and O–H groups in total. The summed E-state index contributed by atoms with van der Waals surface area (Å²) in [4.78, 5) is 13.2. The highest BCUT2D eigenvalue weighted by atomic mass is 15.4. The molecule has 2 aliphatic rings. The van der Waals surface area contributed by atoms with E-state index in [0.717, 1.165) is 36.1 Å². The van der Waals surface area contributed by atoms with Gasteiger partial charge in [-0.05, 0) is 31.9 Å². The molecule has 0 unspecified atom stereocenters. The minimum Gasteiger partial charge on any atom is -0.352 e. The molecule has 1 saturated heterocycles. The summed E-state index contributed by atoms with van der Waals surface area (Å²) in [5.41, 5.74) is 2.09. The Hall–Kier alpha value is -2.24. The number of rotatable bonds is 4. The number of likely N-dealkylation sites (N-methyl/N-ethyl adjacent to an activating group) is 1. The van der Waals surface area contributed by atoms with Crippen LogP contribution in [0.15, 0.2) is 24.5 Å². The van der Waals surface area contributed by atoms with E-state index in [9.17, 15) is 0 Å². The number of nitrogens with zero attached hydrogens (tertiary/aromatic N) is 6. The average Bonchev–Trinajstić information content (AvgIpc) is 3.32. The fourth-order valence-electron chi connectivity index (χ4n) is 2.74. The Morgan fingerprint density at radius 2 is 1.91 bits per heavy atom. The van der Waals surface area contributed by atoms with E-state index in [1.165, 1.54) is 12.8 Å². The summed E-state index contributed by atoms with van der Waals surface area (Å²) in [7, 11) is 2.07. The molecule has 1 aliphatic heterocycles. The van der Waals surface area contributed by atoms with Crippen molar-refractivity contribution < 1.29 is 0 Å². The van der Waals surface area contributed by atoms with Gasteiger partial charge >= 0.3 is 0 Å². The van der Waals surface area contributed by atoms with Gasteiger partial charge in [-0.1, -0.05) is 0 Å². The van der Waals surface area contributed by atoms with Crippen LogP contribution >= 0.6 is 0 Å². The number of aryl methyl sites for hydroxylation is 1. The van der Waals surface area contributed by atoms with E-state index in [-0.39, 0.29) is 0 Å². The zero-order valence-corrected chi connectivity index (χ0v) is 13.0. The van der Waals surface area contributed by atoms with E-state index in [1.54, 1.807) is 0 Å². The van der Waals surface area contributed by atoms with E-state index in [1.807, 2.05) is 19.3 Å². The Balaban J connectivity index is 1.37. The fourth-order valence-corrected chi connectivity index (χ4v) is 2.74. The van der Waals surface area contributed by atoms with Crippen LogP contribution in [0.4, 0.5) is 11.6 Å². The van der Waals surface area contributed by atoms with Gasteiger partial charge in [0.15, 0.2) is 5.82 Å². The van der Waals surface area contributed by atoms with Crippen LogP contribution in [0, 0.1) is 6.92 Å². The van der Waals surface area contributed by atoms with Gasteiger partial charge in [-0.25, -0.2) is 4.98 Å². The summed E-state index contributed by atoms with van der Waals surface area (Å²) >= 11 is 0. The predicted octanol–water partition coefficient (Wildman–Crippen LogP) is 1.78. The molecule has 6 heteroatoms. The molecule has 1 aliphatic carbocycles. The van der Waals surface area contributed by atoms with Crippen LogP contribution in [0.3, 0.4) is 0 Å². The van der Waals surface area contributed by atoms with Crippen LogP contribution in [0.5, 0.6) is 0 Å². The zero-order chi connectivity index (χ0) is 15.1. The molecule has 1 saturated carbocycles. The molecule has 0 amide bonds. The van der Waals surface area contributed by atoms with Crippen LogP contribution in [0.25, 0.3) is 0 Å². The van der Waals surface area contributed by atoms with Gasteiger partial charge in [0.05, 0.1) is 29.8 Å². The third-order valence-corrected chi connectivity index (χ3v) is 4.53. The molecule has 2 fully saturated rings. The number of aromatic nitrogens is 4. The maximum atomic E-state index is 4.43. The standard InChI is InChI=1S/C16H20N6/c1-11-7-18-16(8-17-11)21(2)13-9-22(10-13)15-6-5-14(19-20-15)12-3-4-12/h5-8,12-13H,3-4,9-10H2,1-2H3. The van der Waals surface area contributed by atoms with Crippen LogP contribution in [0.1, 0.15) is 30.1 Å². The lowest BCUT2D eigenvalue weighted by Gasteiger charge is -2.44. The molecule has 0 atom stereocenters. The number of hydrogen-bond acceptors (Lipinski definition) is 6. The van der Waals surface area contributed by atoms with E-state index in [0.29, 0.717) is 12.0 Å². The third kappa shape index (κ3) is 2.49. The molecule has 0 bridgehead atoms. The summed E-state index contributed by atoms with van der Waals surface area (Å²) in [5.74, 6) is 2.56. The van der Waals surface area contributed by atoms with Gasteiger partial charge in [0.2, 0.25) is 0 Å². The van der Waals surface area contributed by atoms with Crippen molar-refractivity contribution in [2.75, 3.05) is 29.9 Å². The average molecular weight is 296 g/mol. The Morgan fingerprint density at radius 3 is 2.50 bits per heavy atom. The highest BCUT2D eigenvalue weighted by molar-refractivity contribution is 5.47. The second-order valence-electron chi connectivity index (χ2n) is 6.28. The second kappa shape index (κ2) is 5.19. The van der Waals surface area contributed by atoms with Crippen molar-refractivity contribution in [1.82, 2.24) is 20.2 Å². The normalized spacial score (nSPS) is 18.2. The summed E-state index contributed by atoms with van der Waals surface area (Å²) in [6, 6.07) is 4.67. The van der Waals surface area contributed by atoms with Crippen LogP contribution < -0.4 is 9.80 Å². The van der Waals surface area contributed by atoms with Gasteiger partial charge in [-0.3, -0.25) is 4.98 Å². The van der Waals surface area contributed by atoms with Crippen LogP contribution in [-0.4, -0.2) is 46.3 Å². The Kier molecular flexibility index (Phi) is 3.17. The maximum absolute atomic E-state index is 4.43. The fraction of sp³-hybridized carbons (Fsp3) is 0.500. The van der Waals surface area contributed by atoms with Crippen LogP contribution in [-0.2, 0) is 0 Å². The number of anilines is 2. The van der Waals surface area contributed by atoms with Crippen molar-refractivity contribution in [3.63, 3.8) is 0 Å². The highest BCUT2D eigenvalue weighted by Gasteiger charge is 2.32. The summed E-state index contributed by atoms with van der Waals surface area (Å²) in [5, 5.41) is 8.72. The molecule has 2 aromatic heterocycles. The molecule has 0 radical (unpaired) electrons. The molecule has 3 heterocycles. The second-order valence-corrected chi connectivity index (χ2v) is 6.28. The summed E-state index contributed by atoms with van der Waals surface area (Å²) < 4.78 is 0. The van der Waals surface area contributed by atoms with Crippen molar-refractivity contribution in [2.24, 2.45) is 0 Å². The Bertz CT molecular complexity index is 643. The maximum Gasteiger partial charge on any atom is 0.151 e. The smallest absolute Gasteiger partial charge is 0.151 e. The topological polar surface area (TPSA) is 58.0 Å². The number of hydrogen-bond donors (Lipinski definition) is 0. The van der Waals surface area contributed by atoms with E-state index in [2.05, 4.69) is 49.1 Å². The molecular weight excluding hydrogens is 276 g/mol. The molecular formula is C16H20N6. The molecule has 4 rings (SSSR count). The molecule has 0 spiro atoms. The van der Waals surface area contributed by atoms with E-state index in [4.69, 9.17) is 0 Å². The first-order valence-corrected chi connectivity index (χ1v) is 7.81. The van der Waals surface area contributed by atoms with Gasteiger partial charge < -0.3 is 9.80 Å². The minimum atomic E-state index is 0.446. The molecule has 6 nitrogen and oxygen atoms in total. The first-order chi connectivity index (χ1) is 10.7. The van der Waals surface area contributed by atoms with Gasteiger partial charge in [0, 0.05) is 26.1 Å². The van der Waals surface area contributed by atoms with Crippen molar-refractivity contribution in [3.8, 4) is 0 Å². The largest absolute Gasteiger partial charge is 0.352 e. The lowest BCUT2D eigenvalue weighted by molar-refractivity contribution is 0.487. The monoisotopic (exact) mass is 296 g/mol. The zero-order valence-electron chi connectivity index (χ0n) is 13.0. The molecule has 22 heavy (non-hydrogen) atoms. The van der Waals surface area contributed by atoms with Crippen molar-refractivity contribution in [3.05, 3.63) is 35.9 Å². The van der Waals surface area contributed by atoms with Gasteiger partial charge in [-0.2, -0.15) is 5.10 Å². The molecule has 114 valence electrons. The van der Waals surface area contributed by atoms with Gasteiger partial charge in [-0.15, -0.1) is 5.10 Å². The van der Waals surface area contributed by atoms with Gasteiger partial charge in [0.1, 0.15) is 5.82 Å². The van der Waals surface area contributed by atoms with Gasteiger partial charge in [0.25, 0.3) is 0 Å². The van der Waals surface area contributed by atoms with Crippen LogP contribution in [0.2, 0.25) is 0 Å². The Labute approximate surface area is 130 Å². The lowest BCUT2D eigenvalue weighted by Crippen LogP contribution is -2.59. The van der Waals surface area contributed by atoms with Crippen molar-refractivity contribution >= 4 is 11.6 Å². The Morgan fingerprint density at radius 1 is 1.09 bits per heavy atom. The van der Waals surface area contributed by atoms with Crippen molar-refractivity contribution in [2.45, 2.75) is 31.7 Å². The molecule has 2 aromatic rings. The lowest BCUT2D eigenvalue weighted by atomic mass is 10.1. The van der Waals surface area contributed by atoms with E-state index < -0.39 is 0 Å². The quantitative estimate of drug-likeness (QED) is 0.857. The van der Waals surface area contributed by atoms with Crippen molar-refractivity contribution in [1.29, 1.82) is 0 Å². The summed E-state index contributed by atoms with van der Waals surface area (Å²) in [6.45, 7) is 3.85. The SMILES string of the molecule is Cc1cnc(N(C)C2CN(c3ccc(C4CC4)nn3)C2)cn1. The first kappa shape index (κ1) is 13.4. The van der Waals surface area contributed by atoms with E-state index >= 15 is 0 Å². The first-order valence-electron chi connectivity index (χ1n) is 7.81. The summed E-state index contributed by atoms with van der Waals surface area (Å²) in [6.07, 6.45) is 6.18. The minimum absolute atomic E-state index is 0.446. The molecule has 0 aromatic carbocycles. The third-order valence-electron chi connectivity index (χ3n) is 4.53.